The molecule has 3 heteroatoms. The van der Waals surface area contributed by atoms with Crippen molar-refractivity contribution in [2.45, 2.75) is 38.8 Å². The van der Waals surface area contributed by atoms with Crippen LogP contribution >= 0.6 is 11.6 Å². The Morgan fingerprint density at radius 3 is 2.71 bits per heavy atom. The highest BCUT2D eigenvalue weighted by molar-refractivity contribution is 6.30. The summed E-state index contributed by atoms with van der Waals surface area (Å²) in [4.78, 5) is 2.35. The number of rotatable bonds is 6. The minimum absolute atomic E-state index is 0.0696. The van der Waals surface area contributed by atoms with Crippen LogP contribution in [0, 0.1) is 0 Å². The highest BCUT2D eigenvalue weighted by Crippen LogP contribution is 2.19. The van der Waals surface area contributed by atoms with E-state index in [4.69, 9.17) is 17.3 Å². The zero-order chi connectivity index (χ0) is 12.8. The molecule has 17 heavy (non-hydrogen) atoms. The Morgan fingerprint density at radius 2 is 2.12 bits per heavy atom. The summed E-state index contributed by atoms with van der Waals surface area (Å²) in [7, 11) is 2.15. The fourth-order valence-electron chi connectivity index (χ4n) is 1.78. The molecule has 96 valence electrons. The molecule has 1 rings (SSSR count). The van der Waals surface area contributed by atoms with Crippen LogP contribution in [0.5, 0.6) is 0 Å². The van der Waals surface area contributed by atoms with Crippen molar-refractivity contribution in [1.29, 1.82) is 0 Å². The molecule has 0 aliphatic carbocycles. The van der Waals surface area contributed by atoms with Crippen molar-refractivity contribution in [3.8, 4) is 0 Å². The van der Waals surface area contributed by atoms with Gasteiger partial charge < -0.3 is 10.6 Å². The van der Waals surface area contributed by atoms with E-state index in [1.54, 1.807) is 0 Å². The Kier molecular flexibility index (Phi) is 5.96. The number of hydrogen-bond acceptors (Lipinski definition) is 2. The molecule has 0 saturated carbocycles. The van der Waals surface area contributed by atoms with Crippen LogP contribution in [0.25, 0.3) is 0 Å². The van der Waals surface area contributed by atoms with E-state index in [9.17, 15) is 0 Å². The summed E-state index contributed by atoms with van der Waals surface area (Å²) in [6.07, 6.45) is 2.13. The molecule has 0 aromatic heterocycles. The minimum Gasteiger partial charge on any atom is -0.324 e. The first-order valence-corrected chi connectivity index (χ1v) is 6.63. The van der Waals surface area contributed by atoms with Gasteiger partial charge in [-0.05, 0) is 51.1 Å². The van der Waals surface area contributed by atoms with Gasteiger partial charge in [0.15, 0.2) is 0 Å². The van der Waals surface area contributed by atoms with E-state index in [2.05, 4.69) is 25.8 Å². The largest absolute Gasteiger partial charge is 0.324 e. The van der Waals surface area contributed by atoms with Gasteiger partial charge in [0.05, 0.1) is 0 Å². The molecule has 0 bridgehead atoms. The van der Waals surface area contributed by atoms with Gasteiger partial charge in [-0.1, -0.05) is 30.7 Å². The maximum absolute atomic E-state index is 6.17. The molecule has 0 heterocycles. The monoisotopic (exact) mass is 254 g/mol. The molecule has 0 amide bonds. The zero-order valence-corrected chi connectivity index (χ0v) is 11.7. The minimum atomic E-state index is 0.0696. The number of nitrogens with zero attached hydrogens (tertiary/aromatic N) is 1. The second-order valence-electron chi connectivity index (χ2n) is 4.69. The number of hydrogen-bond donors (Lipinski definition) is 1. The van der Waals surface area contributed by atoms with Crippen LogP contribution in [0.3, 0.4) is 0 Å². The predicted octanol–water partition coefficient (Wildman–Crippen LogP) is 3.46. The maximum Gasteiger partial charge on any atom is 0.0409 e. The number of halogens is 1. The summed E-state index contributed by atoms with van der Waals surface area (Å²) in [5, 5.41) is 0.758. The number of nitrogens with two attached hydrogens (primary N) is 1. The van der Waals surface area contributed by atoms with E-state index in [0.717, 1.165) is 23.6 Å². The lowest BCUT2D eigenvalue weighted by molar-refractivity contribution is 0.243. The van der Waals surface area contributed by atoms with Crippen molar-refractivity contribution < 1.29 is 0 Å². The molecule has 2 nitrogen and oxygen atoms in total. The van der Waals surface area contributed by atoms with Crippen molar-refractivity contribution in [2.75, 3.05) is 13.6 Å². The Hall–Kier alpha value is -0.570. The maximum atomic E-state index is 6.17. The lowest BCUT2D eigenvalue weighted by atomic mass is 10.0. The summed E-state index contributed by atoms with van der Waals surface area (Å²) >= 11 is 5.96. The smallest absolute Gasteiger partial charge is 0.0409 e. The molecule has 0 spiro atoms. The van der Waals surface area contributed by atoms with Gasteiger partial charge in [0.25, 0.3) is 0 Å². The molecule has 0 saturated heterocycles. The van der Waals surface area contributed by atoms with Gasteiger partial charge in [-0.2, -0.15) is 0 Å². The summed E-state index contributed by atoms with van der Waals surface area (Å²) in [5.41, 5.74) is 7.29. The molecule has 0 fully saturated rings. The van der Waals surface area contributed by atoms with Crippen LogP contribution in [0.1, 0.15) is 38.3 Å². The van der Waals surface area contributed by atoms with E-state index < -0.39 is 0 Å². The second-order valence-corrected chi connectivity index (χ2v) is 5.12. The van der Waals surface area contributed by atoms with Crippen LogP contribution in [0.4, 0.5) is 0 Å². The molecule has 0 aliphatic heterocycles. The fraction of sp³-hybridized carbons (Fsp3) is 0.571. The average Bonchev–Trinajstić information content (AvgIpc) is 2.34. The summed E-state index contributed by atoms with van der Waals surface area (Å²) in [6.45, 7) is 5.46. The predicted molar refractivity (Wildman–Crippen MR) is 75.4 cm³/mol. The van der Waals surface area contributed by atoms with E-state index in [1.165, 1.54) is 6.42 Å². The summed E-state index contributed by atoms with van der Waals surface area (Å²) < 4.78 is 0. The van der Waals surface area contributed by atoms with Crippen LogP contribution < -0.4 is 5.73 Å². The third kappa shape index (κ3) is 4.66. The molecule has 2 unspecified atom stereocenters. The van der Waals surface area contributed by atoms with Gasteiger partial charge in [-0.15, -0.1) is 0 Å². The van der Waals surface area contributed by atoms with Gasteiger partial charge in [0.2, 0.25) is 0 Å². The SMILES string of the molecule is CCC(C)N(C)CCC(N)c1cccc(Cl)c1. The van der Waals surface area contributed by atoms with Crippen molar-refractivity contribution >= 4 is 11.6 Å². The molecular formula is C14H23ClN2. The lowest BCUT2D eigenvalue weighted by Gasteiger charge is -2.25. The van der Waals surface area contributed by atoms with E-state index in [0.29, 0.717) is 6.04 Å². The summed E-state index contributed by atoms with van der Waals surface area (Å²) in [5.74, 6) is 0. The molecule has 1 aromatic rings. The lowest BCUT2D eigenvalue weighted by Crippen LogP contribution is -2.31. The first-order valence-electron chi connectivity index (χ1n) is 6.25. The molecule has 1 aromatic carbocycles. The molecule has 0 aliphatic rings. The Morgan fingerprint density at radius 1 is 1.41 bits per heavy atom. The third-order valence-corrected chi connectivity index (χ3v) is 3.65. The molecule has 2 N–H and O–H groups in total. The second kappa shape index (κ2) is 7.00. The fourth-order valence-corrected chi connectivity index (χ4v) is 1.98. The van der Waals surface area contributed by atoms with Crippen molar-refractivity contribution in [1.82, 2.24) is 4.90 Å². The molecule has 0 radical (unpaired) electrons. The topological polar surface area (TPSA) is 29.3 Å². The third-order valence-electron chi connectivity index (χ3n) is 3.41. The van der Waals surface area contributed by atoms with Crippen LogP contribution in [-0.2, 0) is 0 Å². The first kappa shape index (κ1) is 14.5. The molecule has 2 atom stereocenters. The zero-order valence-electron chi connectivity index (χ0n) is 11.0. The van der Waals surface area contributed by atoms with E-state index in [-0.39, 0.29) is 6.04 Å². The van der Waals surface area contributed by atoms with Gasteiger partial charge in [0, 0.05) is 17.1 Å². The van der Waals surface area contributed by atoms with Gasteiger partial charge in [-0.3, -0.25) is 0 Å². The van der Waals surface area contributed by atoms with Gasteiger partial charge >= 0.3 is 0 Å². The highest BCUT2D eigenvalue weighted by atomic mass is 35.5. The molecular weight excluding hydrogens is 232 g/mol. The Bertz CT molecular complexity index is 341. The quantitative estimate of drug-likeness (QED) is 0.843. The first-order chi connectivity index (χ1) is 8.04. The van der Waals surface area contributed by atoms with Gasteiger partial charge in [0.1, 0.15) is 0 Å². The van der Waals surface area contributed by atoms with Crippen LogP contribution in [0.15, 0.2) is 24.3 Å². The van der Waals surface area contributed by atoms with Crippen molar-refractivity contribution in [3.05, 3.63) is 34.9 Å². The average molecular weight is 255 g/mol. The Labute approximate surface area is 110 Å². The van der Waals surface area contributed by atoms with Crippen LogP contribution in [0.2, 0.25) is 5.02 Å². The van der Waals surface area contributed by atoms with Crippen molar-refractivity contribution in [2.24, 2.45) is 5.73 Å². The van der Waals surface area contributed by atoms with Gasteiger partial charge in [-0.25, -0.2) is 0 Å². The summed E-state index contributed by atoms with van der Waals surface area (Å²) in [6, 6.07) is 8.51. The highest BCUT2D eigenvalue weighted by Gasteiger charge is 2.10. The van der Waals surface area contributed by atoms with Crippen molar-refractivity contribution in [3.63, 3.8) is 0 Å². The standard InChI is InChI=1S/C14H23ClN2/c1-4-11(2)17(3)9-8-14(16)12-6-5-7-13(15)10-12/h5-7,10-11,14H,4,8-9,16H2,1-3H3. The van der Waals surface area contributed by atoms with E-state index >= 15 is 0 Å². The van der Waals surface area contributed by atoms with E-state index in [1.807, 2.05) is 24.3 Å². The number of benzene rings is 1. The van der Waals surface area contributed by atoms with Crippen LogP contribution in [-0.4, -0.2) is 24.5 Å². The normalized spacial score (nSPS) is 14.9. The Balaban J connectivity index is 2.47.